The van der Waals surface area contributed by atoms with Crippen LogP contribution in [0.15, 0.2) is 22.4 Å². The summed E-state index contributed by atoms with van der Waals surface area (Å²) < 4.78 is 0. The van der Waals surface area contributed by atoms with Crippen LogP contribution in [0.25, 0.3) is 0 Å². The highest BCUT2D eigenvalue weighted by molar-refractivity contribution is 7.99. The Morgan fingerprint density at radius 2 is 1.81 bits per heavy atom. The van der Waals surface area contributed by atoms with E-state index in [2.05, 4.69) is 28.7 Å². The lowest BCUT2D eigenvalue weighted by Gasteiger charge is -2.16. The van der Waals surface area contributed by atoms with Crippen molar-refractivity contribution < 1.29 is 0 Å². The first-order valence-corrected chi connectivity index (χ1v) is 7.72. The van der Waals surface area contributed by atoms with Crippen molar-refractivity contribution in [3.63, 3.8) is 0 Å². The summed E-state index contributed by atoms with van der Waals surface area (Å²) in [4.78, 5) is 12.1. The lowest BCUT2D eigenvalue weighted by Crippen LogP contribution is -2.25. The van der Waals surface area contributed by atoms with Crippen LogP contribution in [-0.2, 0) is 0 Å². The van der Waals surface area contributed by atoms with Crippen molar-refractivity contribution in [3.8, 4) is 0 Å². The maximum atomic E-state index is 4.31. The van der Waals surface area contributed by atoms with Gasteiger partial charge in [0, 0.05) is 29.6 Å². The molecule has 1 aromatic heterocycles. The zero-order valence-corrected chi connectivity index (χ0v) is 11.8. The van der Waals surface area contributed by atoms with E-state index in [4.69, 9.17) is 0 Å². The summed E-state index contributed by atoms with van der Waals surface area (Å²) >= 11 is 3.40. The molecule has 0 N–H and O–H groups in total. The topological polar surface area (TPSA) is 29.0 Å². The van der Waals surface area contributed by atoms with Crippen molar-refractivity contribution in [2.75, 3.05) is 31.6 Å². The minimum absolute atomic E-state index is 0.880. The van der Waals surface area contributed by atoms with E-state index in [-0.39, 0.29) is 0 Å². The minimum atomic E-state index is 0.880. The molecule has 0 aliphatic carbocycles. The Labute approximate surface area is 106 Å². The van der Waals surface area contributed by atoms with Crippen LogP contribution in [0.5, 0.6) is 0 Å². The second-order valence-corrected chi connectivity index (χ2v) is 5.22. The van der Waals surface area contributed by atoms with Crippen molar-refractivity contribution in [1.29, 1.82) is 0 Å². The van der Waals surface area contributed by atoms with Gasteiger partial charge in [-0.15, -0.1) is 11.8 Å². The zero-order valence-electron chi connectivity index (χ0n) is 10.1. The van der Waals surface area contributed by atoms with E-state index in [9.17, 15) is 0 Å². The zero-order chi connectivity index (χ0) is 11.8. The van der Waals surface area contributed by atoms with Crippen molar-refractivity contribution in [2.24, 2.45) is 0 Å². The van der Waals surface area contributed by atoms with E-state index >= 15 is 0 Å². The number of nitrogens with zero attached hydrogens (tertiary/aromatic N) is 3. The van der Waals surface area contributed by atoms with Crippen LogP contribution in [0.2, 0.25) is 0 Å². The Bertz CT molecular complexity index is 286. The van der Waals surface area contributed by atoms with Crippen LogP contribution in [-0.4, -0.2) is 46.5 Å². The molecule has 0 atom stereocenters. The molecule has 5 heteroatoms. The Balaban J connectivity index is 2.31. The molecule has 0 unspecified atom stereocenters. The van der Waals surface area contributed by atoms with E-state index in [0.717, 1.165) is 35.4 Å². The standard InChI is InChI=1S/C11H19N3S2/c1-4-14(5-2)6-7-16-11-12-8-10(15-3)9-13-11/h8-9H,4-7H2,1-3H3. The quantitative estimate of drug-likeness (QED) is 0.553. The summed E-state index contributed by atoms with van der Waals surface area (Å²) in [5.74, 6) is 1.06. The highest BCUT2D eigenvalue weighted by Crippen LogP contribution is 2.16. The van der Waals surface area contributed by atoms with Gasteiger partial charge >= 0.3 is 0 Å². The van der Waals surface area contributed by atoms with Gasteiger partial charge in [0.15, 0.2) is 5.16 Å². The van der Waals surface area contributed by atoms with Gasteiger partial charge in [-0.05, 0) is 19.3 Å². The van der Waals surface area contributed by atoms with Gasteiger partial charge < -0.3 is 4.90 Å². The largest absolute Gasteiger partial charge is 0.303 e. The van der Waals surface area contributed by atoms with Crippen molar-refractivity contribution in [1.82, 2.24) is 14.9 Å². The molecule has 16 heavy (non-hydrogen) atoms. The lowest BCUT2D eigenvalue weighted by molar-refractivity contribution is 0.324. The first kappa shape index (κ1) is 13.8. The first-order chi connectivity index (χ1) is 7.80. The Hall–Kier alpha value is -0.260. The number of hydrogen-bond acceptors (Lipinski definition) is 5. The molecule has 90 valence electrons. The molecule has 0 aliphatic rings. The van der Waals surface area contributed by atoms with Gasteiger partial charge in [0.1, 0.15) is 0 Å². The summed E-state index contributed by atoms with van der Waals surface area (Å²) in [6, 6.07) is 0. The van der Waals surface area contributed by atoms with Gasteiger partial charge in [0.05, 0.1) is 0 Å². The van der Waals surface area contributed by atoms with Gasteiger partial charge in [0.25, 0.3) is 0 Å². The summed E-state index contributed by atoms with van der Waals surface area (Å²) in [5, 5.41) is 0.880. The van der Waals surface area contributed by atoms with E-state index in [1.165, 1.54) is 0 Å². The molecular formula is C11H19N3S2. The average molecular weight is 257 g/mol. The molecular weight excluding hydrogens is 238 g/mol. The number of aromatic nitrogens is 2. The van der Waals surface area contributed by atoms with Crippen LogP contribution in [0, 0.1) is 0 Å². The average Bonchev–Trinajstić information content (AvgIpc) is 2.35. The maximum absolute atomic E-state index is 4.31. The molecule has 0 spiro atoms. The van der Waals surface area contributed by atoms with Crippen LogP contribution in [0.3, 0.4) is 0 Å². The summed E-state index contributed by atoms with van der Waals surface area (Å²) in [5.41, 5.74) is 0. The molecule has 3 nitrogen and oxygen atoms in total. The van der Waals surface area contributed by atoms with Gasteiger partial charge in [-0.25, -0.2) is 9.97 Å². The van der Waals surface area contributed by atoms with Crippen LogP contribution in [0.4, 0.5) is 0 Å². The normalized spacial score (nSPS) is 11.0. The molecule has 0 bridgehead atoms. The fraction of sp³-hybridized carbons (Fsp3) is 0.636. The Morgan fingerprint density at radius 1 is 1.19 bits per heavy atom. The van der Waals surface area contributed by atoms with E-state index < -0.39 is 0 Å². The van der Waals surface area contributed by atoms with Crippen molar-refractivity contribution >= 4 is 23.5 Å². The highest BCUT2D eigenvalue weighted by atomic mass is 32.2. The van der Waals surface area contributed by atoms with E-state index in [0.29, 0.717) is 0 Å². The minimum Gasteiger partial charge on any atom is -0.303 e. The number of rotatable bonds is 7. The molecule has 0 amide bonds. The van der Waals surface area contributed by atoms with Crippen LogP contribution in [0.1, 0.15) is 13.8 Å². The maximum Gasteiger partial charge on any atom is 0.187 e. The summed E-state index contributed by atoms with van der Waals surface area (Å²) in [6.45, 7) is 7.72. The molecule has 0 saturated heterocycles. The molecule has 0 radical (unpaired) electrons. The molecule has 0 aliphatic heterocycles. The van der Waals surface area contributed by atoms with Gasteiger partial charge in [-0.1, -0.05) is 25.6 Å². The predicted octanol–water partition coefficient (Wildman–Crippen LogP) is 2.63. The van der Waals surface area contributed by atoms with Crippen LogP contribution < -0.4 is 0 Å². The molecule has 0 aromatic carbocycles. The van der Waals surface area contributed by atoms with Gasteiger partial charge in [0.2, 0.25) is 0 Å². The molecule has 0 fully saturated rings. The third-order valence-electron chi connectivity index (χ3n) is 2.37. The van der Waals surface area contributed by atoms with E-state index in [1.54, 1.807) is 23.5 Å². The molecule has 1 rings (SSSR count). The fourth-order valence-corrected chi connectivity index (χ4v) is 2.39. The smallest absolute Gasteiger partial charge is 0.187 e. The van der Waals surface area contributed by atoms with Gasteiger partial charge in [-0.2, -0.15) is 0 Å². The monoisotopic (exact) mass is 257 g/mol. The molecule has 1 aromatic rings. The van der Waals surface area contributed by atoms with E-state index in [1.807, 2.05) is 18.6 Å². The molecule has 0 saturated carbocycles. The SMILES string of the molecule is CCN(CC)CCSc1ncc(SC)cn1. The second-order valence-electron chi connectivity index (χ2n) is 3.28. The number of thioether (sulfide) groups is 2. The van der Waals surface area contributed by atoms with Crippen molar-refractivity contribution in [3.05, 3.63) is 12.4 Å². The summed E-state index contributed by atoms with van der Waals surface area (Å²) in [6.07, 6.45) is 5.81. The van der Waals surface area contributed by atoms with Crippen LogP contribution >= 0.6 is 23.5 Å². The molecule has 1 heterocycles. The lowest BCUT2D eigenvalue weighted by atomic mass is 10.5. The Morgan fingerprint density at radius 3 is 2.31 bits per heavy atom. The summed E-state index contributed by atoms with van der Waals surface area (Å²) in [7, 11) is 0. The second kappa shape index (κ2) is 7.92. The van der Waals surface area contributed by atoms with Gasteiger partial charge in [-0.3, -0.25) is 0 Å². The third-order valence-corrected chi connectivity index (χ3v) is 3.91. The first-order valence-electron chi connectivity index (χ1n) is 5.51. The highest BCUT2D eigenvalue weighted by Gasteiger charge is 2.01. The third kappa shape index (κ3) is 4.72. The van der Waals surface area contributed by atoms with Crippen molar-refractivity contribution in [2.45, 2.75) is 23.9 Å². The predicted molar refractivity (Wildman–Crippen MR) is 72.3 cm³/mol. The number of hydrogen-bond donors (Lipinski definition) is 0. The Kier molecular flexibility index (Phi) is 6.84. The fourth-order valence-electron chi connectivity index (χ4n) is 1.29.